The lowest BCUT2D eigenvalue weighted by molar-refractivity contribution is 0.256. The van der Waals surface area contributed by atoms with E-state index in [9.17, 15) is 13.2 Å². The van der Waals surface area contributed by atoms with Crippen LogP contribution in [0.1, 0.15) is 5.56 Å². The maximum absolute atomic E-state index is 12.8. The molecule has 29 heavy (non-hydrogen) atoms. The third kappa shape index (κ3) is 3.64. The summed E-state index contributed by atoms with van der Waals surface area (Å²) >= 11 is 6.13. The average Bonchev–Trinajstić information content (AvgIpc) is 3.15. The molecule has 150 valence electrons. The first kappa shape index (κ1) is 19.2. The van der Waals surface area contributed by atoms with Gasteiger partial charge in [0.2, 0.25) is 17.7 Å². The Kier molecular flexibility index (Phi) is 4.89. The Morgan fingerprint density at radius 1 is 1.17 bits per heavy atom. The monoisotopic (exact) mass is 434 g/mol. The first-order valence-electron chi connectivity index (χ1n) is 8.48. The quantitative estimate of drug-likeness (QED) is 0.647. The number of rotatable bonds is 4. The first-order valence-corrected chi connectivity index (χ1v) is 10.3. The Labute approximate surface area is 171 Å². The van der Waals surface area contributed by atoms with Gasteiger partial charge >= 0.3 is 6.03 Å². The molecule has 0 unspecified atom stereocenters. The predicted octanol–water partition coefficient (Wildman–Crippen LogP) is 2.74. The van der Waals surface area contributed by atoms with E-state index < -0.39 is 16.1 Å². The lowest BCUT2D eigenvalue weighted by Gasteiger charge is -2.12. The molecule has 0 saturated heterocycles. The number of hydrogen-bond acceptors (Lipinski definition) is 7. The van der Waals surface area contributed by atoms with Crippen molar-refractivity contribution in [2.24, 2.45) is 0 Å². The minimum Gasteiger partial charge on any atom is -0.481 e. The molecule has 11 heteroatoms. The summed E-state index contributed by atoms with van der Waals surface area (Å²) in [6.07, 6.45) is 0.586. The summed E-state index contributed by atoms with van der Waals surface area (Å²) < 4.78 is 38.0. The molecule has 0 spiro atoms. The second kappa shape index (κ2) is 7.37. The molecule has 0 radical (unpaired) electrons. The van der Waals surface area contributed by atoms with Gasteiger partial charge in [0.1, 0.15) is 0 Å². The number of carbonyl (C=O) groups excluding carboxylic acids is 1. The number of carbonyl (C=O) groups is 1. The number of anilines is 1. The van der Waals surface area contributed by atoms with Crippen LogP contribution in [-0.4, -0.2) is 38.1 Å². The summed E-state index contributed by atoms with van der Waals surface area (Å²) in [5, 5.41) is 3.65. The van der Waals surface area contributed by atoms with Crippen molar-refractivity contribution in [1.29, 1.82) is 0 Å². The highest BCUT2D eigenvalue weighted by Crippen LogP contribution is 2.31. The van der Waals surface area contributed by atoms with Gasteiger partial charge in [-0.1, -0.05) is 35.9 Å². The number of amides is 2. The highest BCUT2D eigenvalue weighted by atomic mass is 35.5. The Hall–Kier alpha value is -3.11. The van der Waals surface area contributed by atoms with E-state index in [4.69, 9.17) is 21.1 Å². The molecule has 9 nitrogen and oxygen atoms in total. The van der Waals surface area contributed by atoms with Crippen LogP contribution in [0.15, 0.2) is 41.3 Å². The highest BCUT2D eigenvalue weighted by molar-refractivity contribution is 7.90. The van der Waals surface area contributed by atoms with Crippen molar-refractivity contribution in [3.63, 3.8) is 0 Å². The van der Waals surface area contributed by atoms with E-state index >= 15 is 0 Å². The summed E-state index contributed by atoms with van der Waals surface area (Å²) in [5.74, 6) is 0.407. The van der Waals surface area contributed by atoms with Gasteiger partial charge in [0.25, 0.3) is 10.0 Å². The molecule has 0 fully saturated rings. The fourth-order valence-corrected chi connectivity index (χ4v) is 4.37. The van der Waals surface area contributed by atoms with Crippen molar-refractivity contribution in [2.75, 3.05) is 19.0 Å². The number of methoxy groups -OCH3 is 1. The molecule has 1 aromatic heterocycles. The van der Waals surface area contributed by atoms with Crippen LogP contribution >= 0.6 is 11.6 Å². The normalized spacial score (nSPS) is 12.9. The third-order valence-corrected chi connectivity index (χ3v) is 6.01. The van der Waals surface area contributed by atoms with Crippen molar-refractivity contribution >= 4 is 44.4 Å². The second-order valence-electron chi connectivity index (χ2n) is 6.09. The molecular weight excluding hydrogens is 420 g/mol. The van der Waals surface area contributed by atoms with Gasteiger partial charge in [-0.3, -0.25) is 5.32 Å². The zero-order valence-electron chi connectivity index (χ0n) is 15.1. The largest absolute Gasteiger partial charge is 0.481 e. The van der Waals surface area contributed by atoms with Gasteiger partial charge in [0.05, 0.1) is 24.2 Å². The molecule has 2 N–H and O–H groups in total. The molecule has 0 aliphatic carbocycles. The molecule has 1 aliphatic heterocycles. The maximum atomic E-state index is 12.8. The van der Waals surface area contributed by atoms with E-state index in [0.29, 0.717) is 40.3 Å². The third-order valence-electron chi connectivity index (χ3n) is 4.29. The molecule has 0 bridgehead atoms. The van der Waals surface area contributed by atoms with Crippen LogP contribution in [-0.2, 0) is 16.4 Å². The summed E-state index contributed by atoms with van der Waals surface area (Å²) in [5.41, 5.74) is 0.693. The number of benzene rings is 2. The number of sulfonamides is 1. The van der Waals surface area contributed by atoms with Crippen LogP contribution in [0.3, 0.4) is 0 Å². The highest BCUT2D eigenvalue weighted by Gasteiger charge is 2.24. The second-order valence-corrected chi connectivity index (χ2v) is 8.15. The first-order chi connectivity index (χ1) is 13.9. The van der Waals surface area contributed by atoms with E-state index in [1.165, 1.54) is 19.2 Å². The predicted molar refractivity (Wildman–Crippen MR) is 106 cm³/mol. The van der Waals surface area contributed by atoms with Crippen molar-refractivity contribution in [3.8, 4) is 11.8 Å². The van der Waals surface area contributed by atoms with Crippen LogP contribution in [0.25, 0.3) is 10.8 Å². The fourth-order valence-electron chi connectivity index (χ4n) is 3.02. The molecule has 2 aromatic carbocycles. The van der Waals surface area contributed by atoms with Gasteiger partial charge in [-0.2, -0.15) is 9.97 Å². The standard InChI is InChI=1S/C18H15ClN4O5S/c1-27-15-12-8-9-28-16(12)21-17(20-15)22-18(24)23-29(25,26)14-7-6-13(19)10-4-2-3-5-11(10)14/h2-7H,8-9H2,1H3,(H2,20,21,22,23,24). The number of halogens is 1. The number of hydrogen-bond donors (Lipinski definition) is 2. The topological polar surface area (TPSA) is 120 Å². The van der Waals surface area contributed by atoms with Gasteiger partial charge in [-0.05, 0) is 12.1 Å². The Balaban J connectivity index is 1.60. The van der Waals surface area contributed by atoms with Crippen LogP contribution in [0.2, 0.25) is 5.02 Å². The summed E-state index contributed by atoms with van der Waals surface area (Å²) in [7, 11) is -2.76. The molecule has 1 aliphatic rings. The van der Waals surface area contributed by atoms with E-state index in [0.717, 1.165) is 0 Å². The van der Waals surface area contributed by atoms with Crippen LogP contribution in [0.5, 0.6) is 11.8 Å². The Morgan fingerprint density at radius 3 is 2.69 bits per heavy atom. The minimum atomic E-state index is -4.19. The SMILES string of the molecule is COc1nc(NC(=O)NS(=O)(=O)c2ccc(Cl)c3ccccc23)nc2c1CCO2. The summed E-state index contributed by atoms with van der Waals surface area (Å²) in [4.78, 5) is 20.4. The molecule has 3 aromatic rings. The van der Waals surface area contributed by atoms with Gasteiger partial charge in [0, 0.05) is 22.2 Å². The van der Waals surface area contributed by atoms with Crippen molar-refractivity contribution in [3.05, 3.63) is 47.0 Å². The number of ether oxygens (including phenoxy) is 2. The van der Waals surface area contributed by atoms with Crippen LogP contribution in [0, 0.1) is 0 Å². The molecule has 2 amide bonds. The summed E-state index contributed by atoms with van der Waals surface area (Å²) in [6, 6.07) is 8.50. The lowest BCUT2D eigenvalue weighted by Crippen LogP contribution is -2.35. The van der Waals surface area contributed by atoms with E-state index in [1.54, 1.807) is 24.3 Å². The fraction of sp³-hybridized carbons (Fsp3) is 0.167. The van der Waals surface area contributed by atoms with E-state index in [2.05, 4.69) is 15.3 Å². The summed E-state index contributed by atoms with van der Waals surface area (Å²) in [6.45, 7) is 0.425. The Bertz CT molecular complexity index is 1230. The van der Waals surface area contributed by atoms with Crippen LogP contribution < -0.4 is 19.5 Å². The average molecular weight is 435 g/mol. The number of nitrogens with zero attached hydrogens (tertiary/aromatic N) is 2. The number of fused-ring (bicyclic) bond motifs is 2. The Morgan fingerprint density at radius 2 is 1.93 bits per heavy atom. The zero-order chi connectivity index (χ0) is 20.6. The minimum absolute atomic E-state index is 0.0802. The van der Waals surface area contributed by atoms with Crippen LogP contribution in [0.4, 0.5) is 10.7 Å². The van der Waals surface area contributed by atoms with E-state index in [1.807, 2.05) is 4.72 Å². The van der Waals surface area contributed by atoms with Gasteiger partial charge in [0.15, 0.2) is 0 Å². The molecule has 2 heterocycles. The smallest absolute Gasteiger partial charge is 0.335 e. The lowest BCUT2D eigenvalue weighted by atomic mass is 10.1. The molecule has 4 rings (SSSR count). The number of aromatic nitrogens is 2. The van der Waals surface area contributed by atoms with Crippen molar-refractivity contribution in [1.82, 2.24) is 14.7 Å². The maximum Gasteiger partial charge on any atom is 0.335 e. The number of nitrogens with one attached hydrogen (secondary N) is 2. The van der Waals surface area contributed by atoms with Crippen molar-refractivity contribution in [2.45, 2.75) is 11.3 Å². The van der Waals surface area contributed by atoms with Gasteiger partial charge < -0.3 is 9.47 Å². The van der Waals surface area contributed by atoms with Crippen molar-refractivity contribution < 1.29 is 22.7 Å². The zero-order valence-corrected chi connectivity index (χ0v) is 16.7. The molecule has 0 atom stereocenters. The van der Waals surface area contributed by atoms with E-state index in [-0.39, 0.29) is 16.7 Å². The van der Waals surface area contributed by atoms with Gasteiger partial charge in [-0.25, -0.2) is 17.9 Å². The molecule has 0 saturated carbocycles. The number of urea groups is 1. The van der Waals surface area contributed by atoms with Gasteiger partial charge in [-0.15, -0.1) is 0 Å². The molecular formula is C18H15ClN4O5S.